The van der Waals surface area contributed by atoms with Crippen LogP contribution in [0.3, 0.4) is 0 Å². The molecule has 0 unspecified atom stereocenters. The van der Waals surface area contributed by atoms with E-state index >= 15 is 0 Å². The van der Waals surface area contributed by atoms with Crippen molar-refractivity contribution in [3.63, 3.8) is 0 Å². The molecule has 5 heteroatoms. The van der Waals surface area contributed by atoms with Crippen LogP contribution in [0.25, 0.3) is 22.2 Å². The Morgan fingerprint density at radius 1 is 1.04 bits per heavy atom. The molecule has 0 aliphatic heterocycles. The number of halogens is 3. The highest BCUT2D eigenvalue weighted by Crippen LogP contribution is 2.36. The Morgan fingerprint density at radius 2 is 1.85 bits per heavy atom. The number of unbranched alkanes of at least 4 members (excludes halogenated alkanes) is 1. The number of hydrogen-bond acceptors (Lipinski definition) is 1. The van der Waals surface area contributed by atoms with Gasteiger partial charge in [-0.3, -0.25) is 0 Å². The Morgan fingerprint density at radius 3 is 2.54 bits per heavy atom. The fourth-order valence-electron chi connectivity index (χ4n) is 3.32. The van der Waals surface area contributed by atoms with Gasteiger partial charge in [-0.25, -0.2) is 0 Å². The lowest BCUT2D eigenvalue weighted by atomic mass is 9.98. The minimum absolute atomic E-state index is 0.567. The van der Waals surface area contributed by atoms with E-state index in [4.69, 9.17) is 5.73 Å². The quantitative estimate of drug-likeness (QED) is 0.544. The third-order valence-electron chi connectivity index (χ3n) is 4.74. The second kappa shape index (κ2) is 7.54. The normalized spacial score (nSPS) is 12.0. The van der Waals surface area contributed by atoms with Gasteiger partial charge >= 0.3 is 6.18 Å². The summed E-state index contributed by atoms with van der Waals surface area (Å²) in [6.07, 6.45) is -0.844. The number of aromatic nitrogens is 1. The maximum absolute atomic E-state index is 13.1. The number of rotatable bonds is 6. The summed E-state index contributed by atoms with van der Waals surface area (Å²) in [5.41, 5.74) is 9.57. The lowest BCUT2D eigenvalue weighted by molar-refractivity contribution is -0.137. The van der Waals surface area contributed by atoms with Gasteiger partial charge in [-0.1, -0.05) is 25.1 Å². The van der Waals surface area contributed by atoms with Crippen LogP contribution in [0.2, 0.25) is 0 Å². The maximum atomic E-state index is 13.1. The molecule has 1 heterocycles. The summed E-state index contributed by atoms with van der Waals surface area (Å²) in [6, 6.07) is 11.7. The van der Waals surface area contributed by atoms with Gasteiger partial charge in [0.15, 0.2) is 0 Å². The smallest absolute Gasteiger partial charge is 0.354 e. The predicted molar refractivity (Wildman–Crippen MR) is 100 cm³/mol. The lowest BCUT2D eigenvalue weighted by Gasteiger charge is -2.10. The number of fused-ring (bicyclic) bond motifs is 1. The van der Waals surface area contributed by atoms with E-state index in [1.807, 2.05) is 6.07 Å². The Hall–Kier alpha value is -2.27. The van der Waals surface area contributed by atoms with Crippen molar-refractivity contribution in [3.05, 3.63) is 59.2 Å². The first kappa shape index (κ1) is 18.5. The van der Waals surface area contributed by atoms with E-state index < -0.39 is 11.7 Å². The summed E-state index contributed by atoms with van der Waals surface area (Å²) in [6.45, 7) is 2.71. The van der Waals surface area contributed by atoms with Crippen LogP contribution in [0.15, 0.2) is 42.5 Å². The van der Waals surface area contributed by atoms with Crippen LogP contribution >= 0.6 is 0 Å². The molecule has 1 aromatic heterocycles. The van der Waals surface area contributed by atoms with E-state index in [1.54, 1.807) is 6.07 Å². The van der Waals surface area contributed by atoms with Crippen LogP contribution in [0.1, 0.15) is 36.5 Å². The molecule has 2 aromatic carbocycles. The van der Waals surface area contributed by atoms with Crippen molar-refractivity contribution in [2.45, 2.75) is 38.8 Å². The topological polar surface area (TPSA) is 41.8 Å². The summed E-state index contributed by atoms with van der Waals surface area (Å²) in [5.74, 6) is 0. The predicted octanol–water partition coefficient (Wildman–Crippen LogP) is 5.70. The molecule has 0 aliphatic carbocycles. The van der Waals surface area contributed by atoms with Crippen LogP contribution in [-0.2, 0) is 19.0 Å². The van der Waals surface area contributed by atoms with Gasteiger partial charge in [0.1, 0.15) is 0 Å². The number of aromatic amines is 1. The summed E-state index contributed by atoms with van der Waals surface area (Å²) in [5, 5.41) is 1.09. The van der Waals surface area contributed by atoms with Gasteiger partial charge < -0.3 is 10.7 Å². The zero-order valence-corrected chi connectivity index (χ0v) is 14.8. The number of alkyl halides is 3. The lowest BCUT2D eigenvalue weighted by Crippen LogP contribution is -2.04. The van der Waals surface area contributed by atoms with E-state index in [1.165, 1.54) is 17.7 Å². The molecule has 0 fully saturated rings. The van der Waals surface area contributed by atoms with E-state index in [0.717, 1.165) is 53.9 Å². The Balaban J connectivity index is 2.13. The molecule has 3 rings (SSSR count). The number of hydrogen-bond donors (Lipinski definition) is 2. The van der Waals surface area contributed by atoms with Gasteiger partial charge in [0.2, 0.25) is 0 Å². The van der Waals surface area contributed by atoms with Crippen LogP contribution in [0.4, 0.5) is 13.2 Å². The average Bonchev–Trinajstić information content (AvgIpc) is 2.99. The second-order valence-corrected chi connectivity index (χ2v) is 6.54. The summed E-state index contributed by atoms with van der Waals surface area (Å²) in [7, 11) is 0. The van der Waals surface area contributed by atoms with Crippen LogP contribution in [0, 0.1) is 0 Å². The van der Waals surface area contributed by atoms with Crippen molar-refractivity contribution < 1.29 is 13.2 Å². The van der Waals surface area contributed by atoms with Crippen molar-refractivity contribution in [2.75, 3.05) is 6.54 Å². The number of nitrogens with two attached hydrogens (primary N) is 1. The van der Waals surface area contributed by atoms with E-state index in [-0.39, 0.29) is 0 Å². The number of H-pyrrole nitrogens is 1. The second-order valence-electron chi connectivity index (χ2n) is 6.54. The first-order chi connectivity index (χ1) is 12.4. The molecular formula is C21H23F3N2. The Kier molecular flexibility index (Phi) is 5.37. The minimum Gasteiger partial charge on any atom is -0.354 e. The Labute approximate surface area is 151 Å². The van der Waals surface area contributed by atoms with Crippen molar-refractivity contribution >= 4 is 10.9 Å². The van der Waals surface area contributed by atoms with Crippen LogP contribution in [0.5, 0.6) is 0 Å². The molecule has 0 amide bonds. The number of benzene rings is 2. The third-order valence-corrected chi connectivity index (χ3v) is 4.74. The molecule has 0 spiro atoms. The molecule has 138 valence electrons. The van der Waals surface area contributed by atoms with Gasteiger partial charge in [0.25, 0.3) is 0 Å². The molecule has 0 saturated carbocycles. The summed E-state index contributed by atoms with van der Waals surface area (Å²) < 4.78 is 39.3. The molecule has 0 atom stereocenters. The highest BCUT2D eigenvalue weighted by atomic mass is 19.4. The fourth-order valence-corrected chi connectivity index (χ4v) is 3.32. The van der Waals surface area contributed by atoms with E-state index in [9.17, 15) is 13.2 Å². The van der Waals surface area contributed by atoms with Crippen LogP contribution in [-0.4, -0.2) is 11.5 Å². The van der Waals surface area contributed by atoms with E-state index in [2.05, 4.69) is 24.0 Å². The number of nitrogens with one attached hydrogen (secondary N) is 1. The van der Waals surface area contributed by atoms with E-state index in [0.29, 0.717) is 12.1 Å². The standard InChI is InChI=1S/C21H23F3N2/c1-2-14-9-10-19-18(12-14)17(8-3-4-11-25)20(26-19)15-6-5-7-16(13-15)21(22,23)24/h5-7,9-10,12-13,26H,2-4,8,11,25H2,1H3. The molecule has 0 bridgehead atoms. The summed E-state index contributed by atoms with van der Waals surface area (Å²) >= 11 is 0. The van der Waals surface area contributed by atoms with Crippen molar-refractivity contribution in [2.24, 2.45) is 5.73 Å². The zero-order chi connectivity index (χ0) is 18.7. The first-order valence-electron chi connectivity index (χ1n) is 8.95. The molecule has 26 heavy (non-hydrogen) atoms. The molecule has 0 radical (unpaired) electrons. The maximum Gasteiger partial charge on any atom is 0.416 e. The Bertz CT molecular complexity index is 894. The highest BCUT2D eigenvalue weighted by molar-refractivity contribution is 5.91. The van der Waals surface area contributed by atoms with Gasteiger partial charge in [-0.2, -0.15) is 13.2 Å². The minimum atomic E-state index is -4.35. The monoisotopic (exact) mass is 360 g/mol. The zero-order valence-electron chi connectivity index (χ0n) is 14.8. The highest BCUT2D eigenvalue weighted by Gasteiger charge is 2.30. The van der Waals surface area contributed by atoms with Crippen molar-refractivity contribution in [1.82, 2.24) is 4.98 Å². The average molecular weight is 360 g/mol. The molecular weight excluding hydrogens is 337 g/mol. The molecule has 0 aliphatic rings. The molecule has 3 N–H and O–H groups in total. The van der Waals surface area contributed by atoms with Crippen LogP contribution < -0.4 is 5.73 Å². The first-order valence-corrected chi connectivity index (χ1v) is 8.95. The van der Waals surface area contributed by atoms with Gasteiger partial charge in [-0.05, 0) is 73.2 Å². The molecule has 2 nitrogen and oxygen atoms in total. The van der Waals surface area contributed by atoms with Gasteiger partial charge in [-0.15, -0.1) is 0 Å². The number of aryl methyl sites for hydroxylation is 2. The SMILES string of the molecule is CCc1ccc2[nH]c(-c3cccc(C(F)(F)F)c3)c(CCCCN)c2c1. The fraction of sp³-hybridized carbons (Fsp3) is 0.333. The van der Waals surface area contributed by atoms with Crippen molar-refractivity contribution in [3.8, 4) is 11.3 Å². The molecule has 0 saturated heterocycles. The van der Waals surface area contributed by atoms with Gasteiger partial charge in [0, 0.05) is 16.6 Å². The summed E-state index contributed by atoms with van der Waals surface area (Å²) in [4.78, 5) is 3.34. The molecule has 3 aromatic rings. The largest absolute Gasteiger partial charge is 0.416 e. The van der Waals surface area contributed by atoms with Gasteiger partial charge in [0.05, 0.1) is 5.56 Å². The third kappa shape index (κ3) is 3.78. The van der Waals surface area contributed by atoms with Crippen molar-refractivity contribution in [1.29, 1.82) is 0 Å².